The van der Waals surface area contributed by atoms with Crippen LogP contribution in [-0.2, 0) is 0 Å². The van der Waals surface area contributed by atoms with Gasteiger partial charge in [0.2, 0.25) is 0 Å². The average Bonchev–Trinajstić information content (AvgIpc) is 3.31. The summed E-state index contributed by atoms with van der Waals surface area (Å²) >= 11 is 1.70. The summed E-state index contributed by atoms with van der Waals surface area (Å²) in [7, 11) is 0. The average molecular weight is 353 g/mol. The highest BCUT2D eigenvalue weighted by atomic mass is 32.1. The van der Waals surface area contributed by atoms with Crippen LogP contribution in [0.25, 0.3) is 22.0 Å². The molecule has 5 heteroatoms. The van der Waals surface area contributed by atoms with Gasteiger partial charge in [0, 0.05) is 35.5 Å². The van der Waals surface area contributed by atoms with Gasteiger partial charge in [-0.2, -0.15) is 0 Å². The number of nitrogens with one attached hydrogen (secondary N) is 1. The highest BCUT2D eigenvalue weighted by molar-refractivity contribution is 7.10. The van der Waals surface area contributed by atoms with Crippen molar-refractivity contribution in [2.75, 3.05) is 19.6 Å². The van der Waals surface area contributed by atoms with E-state index in [2.05, 4.69) is 15.6 Å². The van der Waals surface area contributed by atoms with E-state index >= 15 is 0 Å². The predicted molar refractivity (Wildman–Crippen MR) is 100 cm³/mol. The number of hydrogen-bond donors (Lipinski definition) is 1. The van der Waals surface area contributed by atoms with E-state index in [1.54, 1.807) is 17.4 Å². The normalized spacial score (nSPS) is 23.9. The molecular formula is C20H20FN3S. The van der Waals surface area contributed by atoms with E-state index in [0.717, 1.165) is 34.7 Å². The van der Waals surface area contributed by atoms with Crippen molar-refractivity contribution in [1.29, 1.82) is 0 Å². The fraction of sp³-hybridized carbons (Fsp3) is 0.350. The zero-order chi connectivity index (χ0) is 16.8. The fourth-order valence-corrected chi connectivity index (χ4v) is 5.05. The molecule has 2 fully saturated rings. The van der Waals surface area contributed by atoms with Crippen LogP contribution in [0.4, 0.5) is 4.39 Å². The molecule has 3 aromatic rings. The lowest BCUT2D eigenvalue weighted by Gasteiger charge is -2.35. The second kappa shape index (κ2) is 6.16. The van der Waals surface area contributed by atoms with Crippen LogP contribution >= 0.6 is 11.3 Å². The highest BCUT2D eigenvalue weighted by Crippen LogP contribution is 2.34. The molecule has 3 heterocycles. The lowest BCUT2D eigenvalue weighted by molar-refractivity contribution is 0.173. The van der Waals surface area contributed by atoms with Crippen LogP contribution in [0.1, 0.15) is 23.9 Å². The third kappa shape index (κ3) is 2.67. The van der Waals surface area contributed by atoms with Crippen molar-refractivity contribution < 1.29 is 4.39 Å². The number of hydrogen-bond acceptors (Lipinski definition) is 4. The van der Waals surface area contributed by atoms with E-state index in [9.17, 15) is 4.39 Å². The van der Waals surface area contributed by atoms with Gasteiger partial charge in [-0.1, -0.05) is 24.3 Å². The third-order valence-electron chi connectivity index (χ3n) is 5.48. The van der Waals surface area contributed by atoms with Crippen LogP contribution in [0.3, 0.4) is 0 Å². The molecule has 5 rings (SSSR count). The lowest BCUT2D eigenvalue weighted by atomic mass is 10.0. The summed E-state index contributed by atoms with van der Waals surface area (Å²) in [6.07, 6.45) is 2.62. The summed E-state index contributed by atoms with van der Waals surface area (Å²) in [6, 6.07) is 12.0. The number of rotatable bonds is 2. The maximum Gasteiger partial charge on any atom is 0.131 e. The first-order valence-electron chi connectivity index (χ1n) is 8.90. The minimum absolute atomic E-state index is 0.177. The van der Waals surface area contributed by atoms with E-state index in [1.165, 1.54) is 19.4 Å². The van der Waals surface area contributed by atoms with Gasteiger partial charge in [0.1, 0.15) is 10.8 Å². The molecule has 1 aromatic heterocycles. The van der Waals surface area contributed by atoms with Crippen molar-refractivity contribution in [3.8, 4) is 11.3 Å². The summed E-state index contributed by atoms with van der Waals surface area (Å²) in [5, 5.41) is 8.49. The van der Waals surface area contributed by atoms with Crippen molar-refractivity contribution in [2.45, 2.75) is 24.9 Å². The molecule has 0 spiro atoms. The summed E-state index contributed by atoms with van der Waals surface area (Å²) in [5.74, 6) is -0.177. The molecule has 128 valence electrons. The monoisotopic (exact) mass is 353 g/mol. The molecule has 25 heavy (non-hydrogen) atoms. The summed E-state index contributed by atoms with van der Waals surface area (Å²) in [4.78, 5) is 7.50. The van der Waals surface area contributed by atoms with Gasteiger partial charge in [0.25, 0.3) is 0 Å². The molecule has 2 atom stereocenters. The number of thiazole rings is 1. The van der Waals surface area contributed by atoms with Crippen molar-refractivity contribution in [2.24, 2.45) is 0 Å². The molecule has 1 N–H and O–H groups in total. The van der Waals surface area contributed by atoms with E-state index in [1.807, 2.05) is 30.3 Å². The largest absolute Gasteiger partial charge is 0.305 e. The Hall–Kier alpha value is -1.82. The molecule has 2 aliphatic rings. The first kappa shape index (κ1) is 15.4. The smallest absolute Gasteiger partial charge is 0.131 e. The van der Waals surface area contributed by atoms with Gasteiger partial charge in [-0.15, -0.1) is 11.3 Å². The Kier molecular flexibility index (Phi) is 3.81. The number of piperazine rings is 1. The van der Waals surface area contributed by atoms with Crippen molar-refractivity contribution in [1.82, 2.24) is 15.2 Å². The molecule has 3 nitrogen and oxygen atoms in total. The Morgan fingerprint density at radius 2 is 2.04 bits per heavy atom. The number of fused-ring (bicyclic) bond motifs is 2. The molecule has 0 bridgehead atoms. The summed E-state index contributed by atoms with van der Waals surface area (Å²) in [6.45, 7) is 3.31. The number of halogens is 1. The number of aromatic nitrogens is 1. The van der Waals surface area contributed by atoms with Gasteiger partial charge in [-0.25, -0.2) is 9.37 Å². The zero-order valence-corrected chi connectivity index (χ0v) is 14.7. The molecule has 0 saturated carbocycles. The first-order valence-corrected chi connectivity index (χ1v) is 9.78. The van der Waals surface area contributed by atoms with E-state index in [0.29, 0.717) is 17.5 Å². The second-order valence-electron chi connectivity index (χ2n) is 6.96. The van der Waals surface area contributed by atoms with Crippen LogP contribution in [0, 0.1) is 5.82 Å². The van der Waals surface area contributed by atoms with Crippen LogP contribution in [0.2, 0.25) is 0 Å². The molecule has 2 aliphatic heterocycles. The molecule has 0 radical (unpaired) electrons. The van der Waals surface area contributed by atoms with Crippen LogP contribution in [0.5, 0.6) is 0 Å². The van der Waals surface area contributed by atoms with Gasteiger partial charge in [0.05, 0.1) is 11.7 Å². The van der Waals surface area contributed by atoms with Crippen LogP contribution < -0.4 is 5.32 Å². The Morgan fingerprint density at radius 1 is 1.16 bits per heavy atom. The van der Waals surface area contributed by atoms with Crippen molar-refractivity contribution in [3.63, 3.8) is 0 Å². The van der Waals surface area contributed by atoms with Gasteiger partial charge >= 0.3 is 0 Å². The topological polar surface area (TPSA) is 28.2 Å². The van der Waals surface area contributed by atoms with E-state index in [4.69, 9.17) is 4.98 Å². The maximum absolute atomic E-state index is 14.1. The van der Waals surface area contributed by atoms with Gasteiger partial charge < -0.3 is 5.32 Å². The molecular weight excluding hydrogens is 333 g/mol. The lowest BCUT2D eigenvalue weighted by Crippen LogP contribution is -2.49. The highest BCUT2D eigenvalue weighted by Gasteiger charge is 2.32. The Bertz CT molecular complexity index is 922. The van der Waals surface area contributed by atoms with E-state index in [-0.39, 0.29) is 5.82 Å². The van der Waals surface area contributed by atoms with Crippen LogP contribution in [0.15, 0.2) is 41.8 Å². The van der Waals surface area contributed by atoms with E-state index < -0.39 is 0 Å². The first-order chi connectivity index (χ1) is 12.3. The maximum atomic E-state index is 14.1. The van der Waals surface area contributed by atoms with Crippen molar-refractivity contribution >= 4 is 22.1 Å². The quantitative estimate of drug-likeness (QED) is 0.748. The van der Waals surface area contributed by atoms with Gasteiger partial charge in [0.15, 0.2) is 0 Å². The molecule has 0 aliphatic carbocycles. The SMILES string of the molecule is Fc1ccc(-c2csc([C@@H]3CN4CCC[C@@H]4CN3)n2)c2ccccc12. The predicted octanol–water partition coefficient (Wildman–Crippen LogP) is 4.21. The Morgan fingerprint density at radius 3 is 2.96 bits per heavy atom. The van der Waals surface area contributed by atoms with Crippen LogP contribution in [-0.4, -0.2) is 35.6 Å². The summed E-state index contributed by atoms with van der Waals surface area (Å²) < 4.78 is 14.1. The van der Waals surface area contributed by atoms with Crippen molar-refractivity contribution in [3.05, 3.63) is 52.6 Å². The molecule has 0 unspecified atom stereocenters. The fourth-order valence-electron chi connectivity index (χ4n) is 4.17. The standard InChI is InChI=1S/C20H20FN3S/c21-17-8-7-16(14-5-1-2-6-15(14)17)19-12-25-20(23-19)18-11-24-9-3-4-13(24)10-22-18/h1-2,5-8,12-13,18,22H,3-4,9-11H2/t13-,18+/m1/s1. The van der Waals surface area contributed by atoms with Gasteiger partial charge in [-0.3, -0.25) is 4.90 Å². The minimum atomic E-state index is -0.177. The number of nitrogens with zero attached hydrogens (tertiary/aromatic N) is 2. The molecule has 2 aromatic carbocycles. The molecule has 2 saturated heterocycles. The number of benzene rings is 2. The summed E-state index contributed by atoms with van der Waals surface area (Å²) in [5.41, 5.74) is 1.95. The molecule has 0 amide bonds. The Labute approximate surface area is 150 Å². The third-order valence-corrected chi connectivity index (χ3v) is 6.44. The van der Waals surface area contributed by atoms with Gasteiger partial charge in [-0.05, 0) is 36.9 Å². The Balaban J connectivity index is 1.48. The zero-order valence-electron chi connectivity index (χ0n) is 13.9. The minimum Gasteiger partial charge on any atom is -0.305 e. The second-order valence-corrected chi connectivity index (χ2v) is 7.85.